The van der Waals surface area contributed by atoms with Crippen molar-refractivity contribution in [2.75, 3.05) is 0 Å². The Morgan fingerprint density at radius 3 is 2.05 bits per heavy atom. The molecule has 0 fully saturated rings. The second-order valence-corrected chi connectivity index (χ2v) is 17.4. The predicted octanol–water partition coefficient (Wildman–Crippen LogP) is 15.2. The summed E-state index contributed by atoms with van der Waals surface area (Å²) in [5, 5.41) is 7.32. The molecule has 2 aromatic heterocycles. The smallest absolute Gasteiger partial charge is 0.160 e. The topological polar surface area (TPSA) is 38.9 Å². The Morgan fingerprint density at radius 2 is 1.20 bits per heavy atom. The number of para-hydroxylation sites is 2. The largest absolute Gasteiger partial charge is 0.455 e. The van der Waals surface area contributed by atoms with E-state index >= 15 is 0 Å². The van der Waals surface area contributed by atoms with E-state index in [1.54, 1.807) is 0 Å². The van der Waals surface area contributed by atoms with Crippen LogP contribution in [0.1, 0.15) is 49.4 Å². The van der Waals surface area contributed by atoms with Crippen LogP contribution in [0.25, 0.3) is 94.0 Å². The zero-order valence-electron chi connectivity index (χ0n) is 33.7. The minimum Gasteiger partial charge on any atom is -0.455 e. The molecular formula is C57H42N2O. The van der Waals surface area contributed by atoms with Crippen molar-refractivity contribution in [3.8, 4) is 44.9 Å². The highest BCUT2D eigenvalue weighted by Crippen LogP contribution is 2.57. The highest BCUT2D eigenvalue weighted by molar-refractivity contribution is 6.10. The Bertz CT molecular complexity index is 3370. The van der Waals surface area contributed by atoms with Gasteiger partial charge in [0.25, 0.3) is 0 Å². The van der Waals surface area contributed by atoms with E-state index in [9.17, 15) is 0 Å². The molecule has 3 heteroatoms. The van der Waals surface area contributed by atoms with Crippen LogP contribution in [0.4, 0.5) is 0 Å². The van der Waals surface area contributed by atoms with Crippen molar-refractivity contribution in [1.29, 1.82) is 0 Å². The summed E-state index contributed by atoms with van der Waals surface area (Å²) in [4.78, 5) is 10.8. The summed E-state index contributed by atoms with van der Waals surface area (Å²) in [5.74, 6) is 1.69. The van der Waals surface area contributed by atoms with E-state index in [0.717, 1.165) is 85.4 Å². The second-order valence-electron chi connectivity index (χ2n) is 17.4. The van der Waals surface area contributed by atoms with Crippen LogP contribution in [0.2, 0.25) is 0 Å². The van der Waals surface area contributed by atoms with Gasteiger partial charge in [0.2, 0.25) is 0 Å². The molecule has 0 saturated heterocycles. The molecule has 0 spiro atoms. The van der Waals surface area contributed by atoms with Gasteiger partial charge < -0.3 is 4.42 Å². The van der Waals surface area contributed by atoms with E-state index in [1.165, 1.54) is 38.2 Å². The van der Waals surface area contributed by atoms with E-state index in [2.05, 4.69) is 190 Å². The zero-order chi connectivity index (χ0) is 40.0. The SMILES string of the molecule is CC1(C)c2cc3ccccc3cc2C2CC(c3cc(-c4cc(-c5ccc6ccccc6c5)cc(-c5cccc6c5oc5ccccc56)c4)nc(-c4ccccc4)n3)=CCC21. The number of benzene rings is 8. The third-order valence-corrected chi connectivity index (χ3v) is 13.6. The van der Waals surface area contributed by atoms with Crippen LogP contribution < -0.4 is 0 Å². The van der Waals surface area contributed by atoms with E-state index in [0.29, 0.717) is 11.8 Å². The summed E-state index contributed by atoms with van der Waals surface area (Å²) < 4.78 is 6.63. The Morgan fingerprint density at radius 1 is 0.517 bits per heavy atom. The first kappa shape index (κ1) is 34.9. The van der Waals surface area contributed by atoms with Crippen LogP contribution in [0.15, 0.2) is 186 Å². The molecular weight excluding hydrogens is 729 g/mol. The Balaban J connectivity index is 1.04. The maximum Gasteiger partial charge on any atom is 0.160 e. The molecule has 2 aliphatic carbocycles. The van der Waals surface area contributed by atoms with Gasteiger partial charge in [0.1, 0.15) is 11.2 Å². The van der Waals surface area contributed by atoms with Crippen molar-refractivity contribution in [3.05, 3.63) is 199 Å². The number of allylic oxidation sites excluding steroid dienone is 2. The fourth-order valence-electron chi connectivity index (χ4n) is 10.5. The lowest BCUT2D eigenvalue weighted by Gasteiger charge is -2.34. The van der Waals surface area contributed by atoms with Crippen LogP contribution in [0.3, 0.4) is 0 Å². The van der Waals surface area contributed by atoms with E-state index < -0.39 is 0 Å². The Labute approximate surface area is 349 Å². The van der Waals surface area contributed by atoms with Crippen molar-refractivity contribution in [2.24, 2.45) is 5.92 Å². The van der Waals surface area contributed by atoms with E-state index in [1.807, 2.05) is 6.07 Å². The molecule has 2 heterocycles. The molecule has 0 radical (unpaired) electrons. The molecule has 0 aliphatic heterocycles. The second kappa shape index (κ2) is 13.5. The lowest BCUT2D eigenvalue weighted by Crippen LogP contribution is -2.27. The van der Waals surface area contributed by atoms with E-state index in [-0.39, 0.29) is 5.41 Å². The minimum absolute atomic E-state index is 0.0837. The van der Waals surface area contributed by atoms with Crippen LogP contribution in [0.5, 0.6) is 0 Å². The van der Waals surface area contributed by atoms with Gasteiger partial charge in [-0.1, -0.05) is 159 Å². The number of hydrogen-bond acceptors (Lipinski definition) is 3. The Kier molecular flexibility index (Phi) is 7.84. The molecule has 12 rings (SSSR count). The van der Waals surface area contributed by atoms with Crippen LogP contribution in [0, 0.1) is 5.92 Å². The molecule has 2 aliphatic rings. The molecule has 0 saturated carbocycles. The maximum absolute atomic E-state index is 6.63. The van der Waals surface area contributed by atoms with Gasteiger partial charge in [0.15, 0.2) is 5.82 Å². The van der Waals surface area contributed by atoms with Crippen molar-refractivity contribution in [1.82, 2.24) is 9.97 Å². The lowest BCUT2D eigenvalue weighted by atomic mass is 9.70. The standard InChI is InChI=1S/C57H42N2O/c1-57(2)50-26-25-41(32-48(50)49-31-38-17-8-9-18-39(38)33-51(49)57)52-34-53(59-56(58-52)36-14-4-3-5-15-36)44-29-42(40-24-23-35-13-6-7-16-37(35)27-40)28-43(30-44)45-20-12-21-47-46-19-10-11-22-54(46)60-55(45)47/h3-25,27-31,33-34,48,50H,26,32H2,1-2H3. The highest BCUT2D eigenvalue weighted by Gasteiger charge is 2.47. The Hall–Kier alpha value is -7.10. The van der Waals surface area contributed by atoms with Crippen molar-refractivity contribution in [2.45, 2.75) is 38.0 Å². The van der Waals surface area contributed by atoms with Gasteiger partial charge in [-0.2, -0.15) is 0 Å². The maximum atomic E-state index is 6.63. The number of aromatic nitrogens is 2. The zero-order valence-corrected chi connectivity index (χ0v) is 33.7. The summed E-state index contributed by atoms with van der Waals surface area (Å²) in [5.41, 5.74) is 14.5. The van der Waals surface area contributed by atoms with Crippen molar-refractivity contribution >= 4 is 49.1 Å². The summed E-state index contributed by atoms with van der Waals surface area (Å²) in [6.07, 6.45) is 4.44. The molecule has 0 N–H and O–H groups in total. The van der Waals surface area contributed by atoms with Gasteiger partial charge in [-0.15, -0.1) is 0 Å². The van der Waals surface area contributed by atoms with Gasteiger partial charge in [0.05, 0.1) is 11.4 Å². The third kappa shape index (κ3) is 5.64. The number of hydrogen-bond donors (Lipinski definition) is 0. The molecule has 2 unspecified atom stereocenters. The molecule has 10 aromatic rings. The summed E-state index contributed by atoms with van der Waals surface area (Å²) in [6, 6.07) is 63.5. The summed E-state index contributed by atoms with van der Waals surface area (Å²) in [6.45, 7) is 4.90. The first-order chi connectivity index (χ1) is 29.4. The quantitative estimate of drug-likeness (QED) is 0.175. The van der Waals surface area contributed by atoms with Crippen LogP contribution in [-0.4, -0.2) is 9.97 Å². The van der Waals surface area contributed by atoms with Gasteiger partial charge in [-0.05, 0) is 121 Å². The van der Waals surface area contributed by atoms with Gasteiger partial charge in [-0.3, -0.25) is 0 Å². The average molecular weight is 771 g/mol. The van der Waals surface area contributed by atoms with E-state index in [4.69, 9.17) is 14.4 Å². The van der Waals surface area contributed by atoms with Crippen molar-refractivity contribution < 1.29 is 4.42 Å². The average Bonchev–Trinajstić information content (AvgIpc) is 3.79. The molecule has 3 nitrogen and oxygen atoms in total. The number of rotatable bonds is 5. The first-order valence-electron chi connectivity index (χ1n) is 21.2. The number of furan rings is 1. The molecule has 286 valence electrons. The van der Waals surface area contributed by atoms with Gasteiger partial charge >= 0.3 is 0 Å². The third-order valence-electron chi connectivity index (χ3n) is 13.6. The number of nitrogens with zero attached hydrogens (tertiary/aromatic N) is 2. The fraction of sp³-hybridized carbons (Fsp3) is 0.123. The minimum atomic E-state index is 0.0837. The van der Waals surface area contributed by atoms with Gasteiger partial charge in [-0.25, -0.2) is 9.97 Å². The predicted molar refractivity (Wildman–Crippen MR) is 249 cm³/mol. The molecule has 2 atom stereocenters. The van der Waals surface area contributed by atoms with Crippen LogP contribution in [-0.2, 0) is 5.41 Å². The fourth-order valence-corrected chi connectivity index (χ4v) is 10.5. The molecule has 8 aromatic carbocycles. The first-order valence-corrected chi connectivity index (χ1v) is 21.2. The monoisotopic (exact) mass is 770 g/mol. The highest BCUT2D eigenvalue weighted by atomic mass is 16.3. The van der Waals surface area contributed by atoms with Gasteiger partial charge in [0, 0.05) is 27.5 Å². The number of fused-ring (bicyclic) bond motifs is 8. The normalized spacial score (nSPS) is 16.9. The summed E-state index contributed by atoms with van der Waals surface area (Å²) >= 11 is 0. The molecule has 60 heavy (non-hydrogen) atoms. The lowest BCUT2D eigenvalue weighted by molar-refractivity contribution is 0.300. The van der Waals surface area contributed by atoms with Crippen molar-refractivity contribution in [3.63, 3.8) is 0 Å². The molecule has 0 amide bonds. The summed E-state index contributed by atoms with van der Waals surface area (Å²) in [7, 11) is 0. The van der Waals surface area contributed by atoms with Crippen LogP contribution >= 0.6 is 0 Å². The molecule has 0 bridgehead atoms.